The van der Waals surface area contributed by atoms with Gasteiger partial charge in [-0.25, -0.2) is 0 Å². The molecule has 0 aliphatic rings. The second-order valence-electron chi connectivity index (χ2n) is 5.04. The number of carbonyl (C=O) groups is 1. The van der Waals surface area contributed by atoms with Crippen LogP contribution in [0.1, 0.15) is 53.9 Å². The molecule has 0 radical (unpaired) electrons. The second-order valence-corrected chi connectivity index (χ2v) is 5.04. The molecular weight excluding hydrogens is 186 g/mol. The second kappa shape index (κ2) is 6.14. The highest BCUT2D eigenvalue weighted by molar-refractivity contribution is 5.79. The van der Waals surface area contributed by atoms with Gasteiger partial charge in [-0.05, 0) is 18.8 Å². The lowest BCUT2D eigenvalue weighted by atomic mass is 9.74. The maximum Gasteiger partial charge on any atom is 0.225 e. The van der Waals surface area contributed by atoms with E-state index in [0.717, 1.165) is 25.8 Å². The van der Waals surface area contributed by atoms with Crippen molar-refractivity contribution in [3.05, 3.63) is 0 Å². The summed E-state index contributed by atoms with van der Waals surface area (Å²) >= 11 is 0. The van der Waals surface area contributed by atoms with E-state index in [-0.39, 0.29) is 11.3 Å². The Morgan fingerprint density at radius 3 is 2.13 bits per heavy atom. The predicted octanol–water partition coefficient (Wildman–Crippen LogP) is 3.32. The normalized spacial score (nSPS) is 13.7. The first kappa shape index (κ1) is 14.5. The van der Waals surface area contributed by atoms with E-state index in [0.29, 0.717) is 5.91 Å². The van der Waals surface area contributed by atoms with Gasteiger partial charge >= 0.3 is 0 Å². The van der Waals surface area contributed by atoms with Crippen LogP contribution in [0.5, 0.6) is 0 Å². The Morgan fingerprint density at radius 2 is 1.80 bits per heavy atom. The van der Waals surface area contributed by atoms with Crippen molar-refractivity contribution in [3.63, 3.8) is 0 Å². The fraction of sp³-hybridized carbons (Fsp3) is 0.923. The summed E-state index contributed by atoms with van der Waals surface area (Å²) in [6.45, 7) is 11.6. The van der Waals surface area contributed by atoms with Gasteiger partial charge in [0.1, 0.15) is 0 Å². The first-order chi connectivity index (χ1) is 6.90. The molecule has 0 rings (SSSR count). The minimum atomic E-state index is 0.122. The maximum absolute atomic E-state index is 12.2. The van der Waals surface area contributed by atoms with E-state index < -0.39 is 0 Å². The molecule has 2 nitrogen and oxygen atoms in total. The van der Waals surface area contributed by atoms with Crippen LogP contribution in [0.15, 0.2) is 0 Å². The highest BCUT2D eigenvalue weighted by atomic mass is 16.2. The molecule has 0 aliphatic heterocycles. The molecule has 0 heterocycles. The molecule has 0 fully saturated rings. The molecule has 2 heteroatoms. The van der Waals surface area contributed by atoms with Gasteiger partial charge < -0.3 is 4.90 Å². The minimum absolute atomic E-state index is 0.122. The van der Waals surface area contributed by atoms with Crippen molar-refractivity contribution in [3.8, 4) is 0 Å². The summed E-state index contributed by atoms with van der Waals surface area (Å²) in [5.41, 5.74) is 0.122. The van der Waals surface area contributed by atoms with Gasteiger partial charge in [0.15, 0.2) is 0 Å². The van der Waals surface area contributed by atoms with Gasteiger partial charge in [0.2, 0.25) is 5.91 Å². The lowest BCUT2D eigenvalue weighted by Gasteiger charge is -2.34. The molecule has 90 valence electrons. The van der Waals surface area contributed by atoms with Crippen molar-refractivity contribution < 1.29 is 4.79 Å². The molecule has 0 aromatic carbocycles. The van der Waals surface area contributed by atoms with Gasteiger partial charge in [-0.3, -0.25) is 4.79 Å². The molecule has 0 spiro atoms. The summed E-state index contributed by atoms with van der Waals surface area (Å²) < 4.78 is 0. The summed E-state index contributed by atoms with van der Waals surface area (Å²) in [6.07, 6.45) is 3.14. The van der Waals surface area contributed by atoms with Gasteiger partial charge in [0.25, 0.3) is 0 Å². The zero-order chi connectivity index (χ0) is 12.1. The highest BCUT2D eigenvalue weighted by Gasteiger charge is 2.34. The van der Waals surface area contributed by atoms with Crippen LogP contribution in [0, 0.1) is 11.3 Å². The van der Waals surface area contributed by atoms with E-state index in [1.165, 1.54) is 0 Å². The Labute approximate surface area is 95.0 Å². The molecule has 0 unspecified atom stereocenters. The van der Waals surface area contributed by atoms with Crippen LogP contribution in [0.25, 0.3) is 0 Å². The third kappa shape index (κ3) is 3.84. The fourth-order valence-corrected chi connectivity index (χ4v) is 1.81. The quantitative estimate of drug-likeness (QED) is 0.663. The molecular formula is C13H27NO. The van der Waals surface area contributed by atoms with Crippen LogP contribution in [0.3, 0.4) is 0 Å². The average Bonchev–Trinajstić information content (AvgIpc) is 2.23. The van der Waals surface area contributed by atoms with Gasteiger partial charge in [-0.2, -0.15) is 0 Å². The largest absolute Gasteiger partial charge is 0.346 e. The van der Waals surface area contributed by atoms with Crippen LogP contribution in [-0.4, -0.2) is 24.4 Å². The van der Waals surface area contributed by atoms with E-state index in [1.54, 1.807) is 0 Å². The van der Waals surface area contributed by atoms with Crippen LogP contribution in [-0.2, 0) is 4.79 Å². The molecule has 0 saturated heterocycles. The third-order valence-electron chi connectivity index (χ3n) is 3.58. The number of hydrogen-bond donors (Lipinski definition) is 0. The van der Waals surface area contributed by atoms with Crippen LogP contribution in [0.4, 0.5) is 0 Å². The average molecular weight is 213 g/mol. The Kier molecular flexibility index (Phi) is 5.92. The summed E-state index contributed by atoms with van der Waals surface area (Å²) in [5, 5.41) is 0. The SMILES string of the molecule is CCC[C@@H](C(=O)N(C)CC)C(C)(C)CC. The van der Waals surface area contributed by atoms with Crippen molar-refractivity contribution in [2.75, 3.05) is 13.6 Å². The molecule has 0 aromatic rings. The Balaban J connectivity index is 4.73. The molecule has 0 aliphatic carbocycles. The summed E-state index contributed by atoms with van der Waals surface area (Å²) in [4.78, 5) is 14.0. The van der Waals surface area contributed by atoms with Gasteiger partial charge in [-0.15, -0.1) is 0 Å². The smallest absolute Gasteiger partial charge is 0.225 e. The minimum Gasteiger partial charge on any atom is -0.346 e. The number of nitrogens with zero attached hydrogens (tertiary/aromatic N) is 1. The molecule has 15 heavy (non-hydrogen) atoms. The van der Waals surface area contributed by atoms with E-state index in [1.807, 2.05) is 18.9 Å². The zero-order valence-corrected chi connectivity index (χ0v) is 11.3. The topological polar surface area (TPSA) is 20.3 Å². The summed E-state index contributed by atoms with van der Waals surface area (Å²) in [6, 6.07) is 0. The van der Waals surface area contributed by atoms with Crippen molar-refractivity contribution in [2.24, 2.45) is 11.3 Å². The van der Waals surface area contributed by atoms with Gasteiger partial charge in [-0.1, -0.05) is 40.5 Å². The summed E-state index contributed by atoms with van der Waals surface area (Å²) in [5.74, 6) is 0.489. The molecule has 1 atom stereocenters. The summed E-state index contributed by atoms with van der Waals surface area (Å²) in [7, 11) is 1.90. The van der Waals surface area contributed by atoms with Crippen LogP contribution in [0.2, 0.25) is 0 Å². The van der Waals surface area contributed by atoms with E-state index in [2.05, 4.69) is 27.7 Å². The van der Waals surface area contributed by atoms with Gasteiger partial charge in [0.05, 0.1) is 0 Å². The Hall–Kier alpha value is -0.530. The first-order valence-electron chi connectivity index (χ1n) is 6.15. The molecule has 0 aromatic heterocycles. The Morgan fingerprint density at radius 1 is 1.27 bits per heavy atom. The highest BCUT2D eigenvalue weighted by Crippen LogP contribution is 2.34. The first-order valence-corrected chi connectivity index (χ1v) is 6.15. The number of amides is 1. The van der Waals surface area contributed by atoms with E-state index >= 15 is 0 Å². The lowest BCUT2D eigenvalue weighted by Crippen LogP contribution is -2.40. The number of hydrogen-bond acceptors (Lipinski definition) is 1. The van der Waals surface area contributed by atoms with Crippen molar-refractivity contribution >= 4 is 5.91 Å². The molecule has 0 bridgehead atoms. The zero-order valence-electron chi connectivity index (χ0n) is 11.3. The standard InChI is InChI=1S/C13H27NO/c1-7-10-11(13(4,5)8-2)12(15)14(6)9-3/h11H,7-10H2,1-6H3/t11-/m0/s1. The molecule has 1 amide bonds. The maximum atomic E-state index is 12.2. The monoisotopic (exact) mass is 213 g/mol. The third-order valence-corrected chi connectivity index (χ3v) is 3.58. The van der Waals surface area contributed by atoms with E-state index in [4.69, 9.17) is 0 Å². The van der Waals surface area contributed by atoms with Crippen LogP contribution < -0.4 is 0 Å². The Bertz CT molecular complexity index is 199. The van der Waals surface area contributed by atoms with Crippen molar-refractivity contribution in [2.45, 2.75) is 53.9 Å². The molecule has 0 saturated carbocycles. The van der Waals surface area contributed by atoms with Crippen molar-refractivity contribution in [1.82, 2.24) is 4.90 Å². The predicted molar refractivity (Wildman–Crippen MR) is 65.8 cm³/mol. The number of rotatable bonds is 6. The van der Waals surface area contributed by atoms with Gasteiger partial charge in [0, 0.05) is 19.5 Å². The molecule has 0 N–H and O–H groups in total. The fourth-order valence-electron chi connectivity index (χ4n) is 1.81. The van der Waals surface area contributed by atoms with Crippen LogP contribution >= 0.6 is 0 Å². The van der Waals surface area contributed by atoms with E-state index in [9.17, 15) is 4.79 Å². The lowest BCUT2D eigenvalue weighted by molar-refractivity contribution is -0.138. The van der Waals surface area contributed by atoms with Crippen molar-refractivity contribution in [1.29, 1.82) is 0 Å². The number of carbonyl (C=O) groups excluding carboxylic acids is 1.